The number of hydrogen-bond acceptors (Lipinski definition) is 7. The van der Waals surface area contributed by atoms with Crippen molar-refractivity contribution in [2.75, 3.05) is 16.2 Å². The molecule has 39 heavy (non-hydrogen) atoms. The number of nitrogens with one attached hydrogen (secondary N) is 1. The van der Waals surface area contributed by atoms with E-state index in [1.165, 1.54) is 29.1 Å². The number of sulfonamides is 1. The third-order valence-electron chi connectivity index (χ3n) is 6.02. The molecule has 1 aliphatic heterocycles. The molecule has 3 rings (SSSR count). The number of carbonyl (C=O) groups is 2. The molecule has 0 saturated carbocycles. The highest BCUT2D eigenvalue weighted by Gasteiger charge is 2.51. The van der Waals surface area contributed by atoms with Gasteiger partial charge in [0.1, 0.15) is 16.7 Å². The molecule has 16 heteroatoms. The fourth-order valence-corrected chi connectivity index (χ4v) is 5.52. The summed E-state index contributed by atoms with van der Waals surface area (Å²) in [6, 6.07) is 3.65. The Morgan fingerprint density at radius 1 is 1.28 bits per heavy atom. The van der Waals surface area contributed by atoms with E-state index in [2.05, 4.69) is 15.2 Å². The van der Waals surface area contributed by atoms with Crippen molar-refractivity contribution in [2.24, 2.45) is 11.7 Å². The summed E-state index contributed by atoms with van der Waals surface area (Å²) in [5.41, 5.74) is 2.50. The molecule has 2 atom stereocenters. The van der Waals surface area contributed by atoms with Crippen molar-refractivity contribution in [3.8, 4) is 5.75 Å². The van der Waals surface area contributed by atoms with E-state index in [9.17, 15) is 31.2 Å². The molecule has 216 valence electrons. The van der Waals surface area contributed by atoms with Gasteiger partial charge in [-0.15, -0.1) is 0 Å². The first-order chi connectivity index (χ1) is 17.8. The average molecular weight is 596 g/mol. The van der Waals surface area contributed by atoms with E-state index in [0.717, 1.165) is 4.31 Å². The summed E-state index contributed by atoms with van der Waals surface area (Å²) >= 11 is 6.18. The smallest absolute Gasteiger partial charge is 0.427 e. The van der Waals surface area contributed by atoms with Gasteiger partial charge in [0.05, 0.1) is 12.2 Å². The first kappa shape index (κ1) is 30.3. The van der Waals surface area contributed by atoms with Gasteiger partial charge < -0.3 is 15.2 Å². The number of fused-ring (bicyclic) bond motifs is 1. The predicted octanol–water partition coefficient (Wildman–Crippen LogP) is 4.47. The number of carbonyl (C=O) groups excluding carboxylic acids is 2. The summed E-state index contributed by atoms with van der Waals surface area (Å²) in [6.07, 6.45) is -5.64. The number of rotatable bonds is 8. The van der Waals surface area contributed by atoms with E-state index in [0.29, 0.717) is 13.8 Å². The van der Waals surface area contributed by atoms with E-state index in [1.54, 1.807) is 20.8 Å². The van der Waals surface area contributed by atoms with E-state index in [1.807, 2.05) is 0 Å². The number of aromatic nitrogens is 2. The largest absolute Gasteiger partial charge is 0.486 e. The summed E-state index contributed by atoms with van der Waals surface area (Å²) in [5, 5.41) is 5.95. The molecule has 2 heterocycles. The van der Waals surface area contributed by atoms with Gasteiger partial charge >= 0.3 is 12.3 Å². The second kappa shape index (κ2) is 10.8. The molecule has 1 aliphatic rings. The SMILES string of the molecule is CC(C)n1cc(S(=O)(=O)N2C[C@H](C[C@@H](C)C(N)=O)Oc3ccc(NC(=O)OC(C)(C)C(F)(F)F)cc32)c(Cl)n1. The van der Waals surface area contributed by atoms with Crippen LogP contribution in [0.5, 0.6) is 5.75 Å². The maximum Gasteiger partial charge on any atom is 0.427 e. The summed E-state index contributed by atoms with van der Waals surface area (Å²) < 4.78 is 79.8. The van der Waals surface area contributed by atoms with Crippen LogP contribution in [0, 0.1) is 5.92 Å². The van der Waals surface area contributed by atoms with Crippen molar-refractivity contribution in [3.63, 3.8) is 0 Å². The molecule has 1 aromatic heterocycles. The van der Waals surface area contributed by atoms with Crippen molar-refractivity contribution < 1.29 is 40.7 Å². The molecule has 0 fully saturated rings. The zero-order valence-electron chi connectivity index (χ0n) is 21.7. The fraction of sp³-hybridized carbons (Fsp3) is 0.522. The Kier molecular flexibility index (Phi) is 8.37. The third kappa shape index (κ3) is 6.52. The molecule has 0 unspecified atom stereocenters. The van der Waals surface area contributed by atoms with Crippen LogP contribution in [-0.2, 0) is 19.6 Å². The van der Waals surface area contributed by atoms with Crippen LogP contribution in [0.1, 0.15) is 47.1 Å². The minimum Gasteiger partial charge on any atom is -0.486 e. The maximum atomic E-state index is 13.8. The summed E-state index contributed by atoms with van der Waals surface area (Å²) in [4.78, 5) is 23.6. The number of ether oxygens (including phenoxy) is 2. The number of nitrogens with two attached hydrogens (primary N) is 1. The number of hydrogen-bond donors (Lipinski definition) is 2. The quantitative estimate of drug-likeness (QED) is 0.458. The molecule has 0 bridgehead atoms. The van der Waals surface area contributed by atoms with Gasteiger partial charge in [0.25, 0.3) is 10.0 Å². The van der Waals surface area contributed by atoms with Gasteiger partial charge in [0.15, 0.2) is 5.15 Å². The zero-order valence-corrected chi connectivity index (χ0v) is 23.3. The van der Waals surface area contributed by atoms with Crippen LogP contribution >= 0.6 is 11.6 Å². The van der Waals surface area contributed by atoms with Gasteiger partial charge in [-0.3, -0.25) is 19.1 Å². The predicted molar refractivity (Wildman–Crippen MR) is 136 cm³/mol. The molecular formula is C23H29ClF3N5O6S. The van der Waals surface area contributed by atoms with Gasteiger partial charge in [0, 0.05) is 23.8 Å². The highest BCUT2D eigenvalue weighted by atomic mass is 35.5. The van der Waals surface area contributed by atoms with Crippen LogP contribution in [0.25, 0.3) is 0 Å². The van der Waals surface area contributed by atoms with Crippen LogP contribution in [-0.4, -0.2) is 54.6 Å². The Bertz CT molecular complexity index is 1360. The lowest BCUT2D eigenvalue weighted by atomic mass is 10.0. The van der Waals surface area contributed by atoms with E-state index in [4.69, 9.17) is 22.1 Å². The number of primary amides is 1. The molecule has 0 spiro atoms. The second-order valence-electron chi connectivity index (χ2n) is 9.88. The molecule has 2 amide bonds. The Morgan fingerprint density at radius 2 is 1.92 bits per heavy atom. The van der Waals surface area contributed by atoms with Gasteiger partial charge in [-0.05, 0) is 52.3 Å². The minimum atomic E-state index is -4.82. The topological polar surface area (TPSA) is 146 Å². The van der Waals surface area contributed by atoms with Crippen LogP contribution in [0.15, 0.2) is 29.3 Å². The number of alkyl halides is 3. The van der Waals surface area contributed by atoms with E-state index >= 15 is 0 Å². The third-order valence-corrected chi connectivity index (χ3v) is 8.19. The first-order valence-corrected chi connectivity index (χ1v) is 13.6. The molecule has 0 saturated heterocycles. The summed E-state index contributed by atoms with van der Waals surface area (Å²) in [7, 11) is -4.37. The lowest BCUT2D eigenvalue weighted by Gasteiger charge is -2.36. The van der Waals surface area contributed by atoms with Gasteiger partial charge in [-0.1, -0.05) is 18.5 Å². The average Bonchev–Trinajstić information content (AvgIpc) is 3.20. The van der Waals surface area contributed by atoms with E-state index < -0.39 is 45.8 Å². The number of nitrogens with zero attached hydrogens (tertiary/aromatic N) is 3. The van der Waals surface area contributed by atoms with Crippen molar-refractivity contribution in [1.29, 1.82) is 0 Å². The van der Waals surface area contributed by atoms with Gasteiger partial charge in [0.2, 0.25) is 11.5 Å². The van der Waals surface area contributed by atoms with Crippen molar-refractivity contribution in [1.82, 2.24) is 9.78 Å². The summed E-state index contributed by atoms with van der Waals surface area (Å²) in [5.74, 6) is -1.16. The number of amides is 2. The molecule has 1 aromatic carbocycles. The highest BCUT2D eigenvalue weighted by molar-refractivity contribution is 7.93. The minimum absolute atomic E-state index is 0.0285. The standard InChI is InChI=1S/C23H29ClF3N5O6S/c1-12(2)31-11-18(19(24)30-31)39(35,36)32-10-15(8-13(3)20(28)33)37-17-7-6-14(9-16(17)32)29-21(34)38-22(4,5)23(25,26)27/h6-7,9,11-13,15H,8,10H2,1-5H3,(H2,28,33)(H,29,34)/t13-,15+/m1/s1. The molecular weight excluding hydrogens is 567 g/mol. The fourth-order valence-electron chi connectivity index (χ4n) is 3.59. The van der Waals surface area contributed by atoms with Crippen LogP contribution in [0.3, 0.4) is 0 Å². The van der Waals surface area contributed by atoms with Crippen LogP contribution in [0.4, 0.5) is 29.3 Å². The van der Waals surface area contributed by atoms with Crippen molar-refractivity contribution >= 4 is 45.0 Å². The Labute approximate surface area is 228 Å². The van der Waals surface area contributed by atoms with Gasteiger partial charge in [-0.25, -0.2) is 13.2 Å². The number of halogens is 4. The van der Waals surface area contributed by atoms with Crippen molar-refractivity contribution in [3.05, 3.63) is 29.5 Å². The molecule has 0 aliphatic carbocycles. The lowest BCUT2D eigenvalue weighted by molar-refractivity contribution is -0.242. The van der Waals surface area contributed by atoms with Crippen LogP contribution in [0.2, 0.25) is 5.15 Å². The molecule has 0 radical (unpaired) electrons. The number of anilines is 2. The Balaban J connectivity index is 2.01. The summed E-state index contributed by atoms with van der Waals surface area (Å²) in [6.45, 7) is 6.26. The van der Waals surface area contributed by atoms with E-state index in [-0.39, 0.29) is 46.2 Å². The lowest BCUT2D eigenvalue weighted by Crippen LogP contribution is -2.45. The first-order valence-electron chi connectivity index (χ1n) is 11.8. The second-order valence-corrected chi connectivity index (χ2v) is 12.1. The number of benzene rings is 1. The maximum absolute atomic E-state index is 13.8. The van der Waals surface area contributed by atoms with Gasteiger partial charge in [-0.2, -0.15) is 18.3 Å². The monoisotopic (exact) mass is 595 g/mol. The van der Waals surface area contributed by atoms with Crippen molar-refractivity contribution in [2.45, 2.75) is 69.9 Å². The Morgan fingerprint density at radius 3 is 2.46 bits per heavy atom. The Hall–Kier alpha value is -3.20. The zero-order chi connectivity index (χ0) is 29.5. The molecule has 11 nitrogen and oxygen atoms in total. The molecule has 3 N–H and O–H groups in total. The molecule has 2 aromatic rings. The highest BCUT2D eigenvalue weighted by Crippen LogP contribution is 2.41. The van der Waals surface area contributed by atoms with Crippen LogP contribution < -0.4 is 20.1 Å². The normalized spacial score (nSPS) is 16.9.